The molecular formula is C18H28O2. The van der Waals surface area contributed by atoms with Crippen LogP contribution < -0.4 is 0 Å². The summed E-state index contributed by atoms with van der Waals surface area (Å²) in [5, 5.41) is 10.4. The fourth-order valence-electron chi connectivity index (χ4n) is 2.20. The van der Waals surface area contributed by atoms with Gasteiger partial charge in [-0.1, -0.05) is 69.0 Å². The maximum atomic E-state index is 10.4. The van der Waals surface area contributed by atoms with Crippen LogP contribution in [-0.2, 0) is 11.3 Å². The van der Waals surface area contributed by atoms with Crippen molar-refractivity contribution < 1.29 is 9.84 Å². The highest BCUT2D eigenvalue weighted by Gasteiger charge is 2.21. The molecule has 2 heteroatoms. The highest BCUT2D eigenvalue weighted by atomic mass is 16.5. The summed E-state index contributed by atoms with van der Waals surface area (Å²) in [6, 6.07) is 10.1. The molecule has 0 saturated carbocycles. The van der Waals surface area contributed by atoms with Crippen LogP contribution in [0.1, 0.15) is 51.0 Å². The van der Waals surface area contributed by atoms with Crippen LogP contribution >= 0.6 is 0 Å². The zero-order valence-electron chi connectivity index (χ0n) is 12.7. The van der Waals surface area contributed by atoms with Crippen molar-refractivity contribution in [1.82, 2.24) is 0 Å². The number of benzene rings is 1. The Morgan fingerprint density at radius 1 is 1.15 bits per heavy atom. The maximum absolute atomic E-state index is 10.4. The van der Waals surface area contributed by atoms with Gasteiger partial charge in [0.25, 0.3) is 0 Å². The Morgan fingerprint density at radius 3 is 2.55 bits per heavy atom. The molecule has 0 heterocycles. The molecule has 0 aliphatic carbocycles. The van der Waals surface area contributed by atoms with Crippen molar-refractivity contribution in [1.29, 1.82) is 0 Å². The van der Waals surface area contributed by atoms with Gasteiger partial charge >= 0.3 is 0 Å². The molecule has 112 valence electrons. The lowest BCUT2D eigenvalue weighted by atomic mass is 9.93. The average Bonchev–Trinajstić information content (AvgIpc) is 2.49. The van der Waals surface area contributed by atoms with E-state index in [1.807, 2.05) is 30.3 Å². The first kappa shape index (κ1) is 16.9. The van der Waals surface area contributed by atoms with E-state index in [2.05, 4.69) is 13.5 Å². The first-order chi connectivity index (χ1) is 9.70. The van der Waals surface area contributed by atoms with Crippen LogP contribution in [0.2, 0.25) is 0 Å². The SMILES string of the molecule is C=CC(O)(CCCCCC)CCOCc1ccccc1. The van der Waals surface area contributed by atoms with Crippen molar-refractivity contribution in [3.8, 4) is 0 Å². The first-order valence-electron chi connectivity index (χ1n) is 7.68. The van der Waals surface area contributed by atoms with Gasteiger partial charge in [-0.3, -0.25) is 0 Å². The molecule has 0 saturated heterocycles. The Hall–Kier alpha value is -1.12. The number of aliphatic hydroxyl groups is 1. The lowest BCUT2D eigenvalue weighted by Crippen LogP contribution is -2.27. The van der Waals surface area contributed by atoms with Gasteiger partial charge in [0.2, 0.25) is 0 Å². The topological polar surface area (TPSA) is 29.5 Å². The van der Waals surface area contributed by atoms with Crippen molar-refractivity contribution in [2.24, 2.45) is 0 Å². The summed E-state index contributed by atoms with van der Waals surface area (Å²) in [5.41, 5.74) is 0.391. The smallest absolute Gasteiger partial charge is 0.0847 e. The minimum atomic E-state index is -0.773. The summed E-state index contributed by atoms with van der Waals surface area (Å²) in [4.78, 5) is 0. The van der Waals surface area contributed by atoms with E-state index in [-0.39, 0.29) is 0 Å². The normalized spacial score (nSPS) is 13.9. The monoisotopic (exact) mass is 276 g/mol. The number of rotatable bonds is 11. The molecule has 0 spiro atoms. The minimum absolute atomic E-state index is 0.561. The van der Waals surface area contributed by atoms with Crippen LogP contribution in [0.5, 0.6) is 0 Å². The maximum Gasteiger partial charge on any atom is 0.0847 e. The zero-order chi connectivity index (χ0) is 14.7. The number of hydrogen-bond acceptors (Lipinski definition) is 2. The van der Waals surface area contributed by atoms with Crippen LogP contribution in [-0.4, -0.2) is 17.3 Å². The zero-order valence-corrected chi connectivity index (χ0v) is 12.7. The second kappa shape index (κ2) is 9.73. The number of unbranched alkanes of at least 4 members (excludes halogenated alkanes) is 3. The molecule has 0 aliphatic rings. The van der Waals surface area contributed by atoms with Crippen molar-refractivity contribution in [2.75, 3.05) is 6.61 Å². The molecule has 1 atom stereocenters. The molecule has 1 unspecified atom stereocenters. The van der Waals surface area contributed by atoms with Crippen LogP contribution in [0.25, 0.3) is 0 Å². The van der Waals surface area contributed by atoms with Crippen molar-refractivity contribution in [2.45, 2.75) is 57.7 Å². The van der Waals surface area contributed by atoms with Crippen LogP contribution in [0.3, 0.4) is 0 Å². The van der Waals surface area contributed by atoms with E-state index in [0.717, 1.165) is 18.4 Å². The summed E-state index contributed by atoms with van der Waals surface area (Å²) >= 11 is 0. The molecule has 1 rings (SSSR count). The van der Waals surface area contributed by atoms with E-state index < -0.39 is 5.60 Å². The van der Waals surface area contributed by atoms with Gasteiger partial charge in [-0.15, -0.1) is 6.58 Å². The van der Waals surface area contributed by atoms with E-state index in [0.29, 0.717) is 19.6 Å². The number of ether oxygens (including phenoxy) is 1. The van der Waals surface area contributed by atoms with Crippen molar-refractivity contribution in [3.05, 3.63) is 48.6 Å². The summed E-state index contributed by atoms with van der Waals surface area (Å²) in [6.07, 6.45) is 7.75. The summed E-state index contributed by atoms with van der Waals surface area (Å²) in [7, 11) is 0. The van der Waals surface area contributed by atoms with Gasteiger partial charge in [-0.25, -0.2) is 0 Å². The fraction of sp³-hybridized carbons (Fsp3) is 0.556. The molecule has 0 radical (unpaired) electrons. The second-order valence-corrected chi connectivity index (χ2v) is 5.41. The standard InChI is InChI=1S/C18H28O2/c1-3-5-6-10-13-18(19,4-2)14-15-20-16-17-11-8-7-9-12-17/h4,7-9,11-12,19H,2-3,5-6,10,13-16H2,1H3. The Morgan fingerprint density at radius 2 is 1.90 bits per heavy atom. The number of hydrogen-bond donors (Lipinski definition) is 1. The molecule has 0 amide bonds. The van der Waals surface area contributed by atoms with E-state index in [1.54, 1.807) is 6.08 Å². The molecule has 1 N–H and O–H groups in total. The lowest BCUT2D eigenvalue weighted by molar-refractivity contribution is 0.0238. The quantitative estimate of drug-likeness (QED) is 0.477. The average molecular weight is 276 g/mol. The van der Waals surface area contributed by atoms with Gasteiger partial charge < -0.3 is 9.84 Å². The highest BCUT2D eigenvalue weighted by molar-refractivity contribution is 5.13. The lowest BCUT2D eigenvalue weighted by Gasteiger charge is -2.24. The van der Waals surface area contributed by atoms with E-state index in [1.165, 1.54) is 19.3 Å². The molecule has 0 aromatic heterocycles. The first-order valence-corrected chi connectivity index (χ1v) is 7.68. The van der Waals surface area contributed by atoms with Crippen LogP contribution in [0.4, 0.5) is 0 Å². The van der Waals surface area contributed by atoms with Gasteiger partial charge in [0.05, 0.1) is 18.8 Å². The fourth-order valence-corrected chi connectivity index (χ4v) is 2.20. The predicted octanol–water partition coefficient (Wildman–Crippen LogP) is 4.48. The van der Waals surface area contributed by atoms with E-state index in [4.69, 9.17) is 4.74 Å². The Bertz CT molecular complexity index is 361. The van der Waals surface area contributed by atoms with Crippen LogP contribution in [0, 0.1) is 0 Å². The molecule has 1 aromatic rings. The third kappa shape index (κ3) is 6.88. The van der Waals surface area contributed by atoms with Crippen LogP contribution in [0.15, 0.2) is 43.0 Å². The third-order valence-corrected chi connectivity index (χ3v) is 3.63. The molecule has 20 heavy (non-hydrogen) atoms. The molecule has 0 bridgehead atoms. The molecule has 0 aliphatic heterocycles. The van der Waals surface area contributed by atoms with Gasteiger partial charge in [0.15, 0.2) is 0 Å². The van der Waals surface area contributed by atoms with Gasteiger partial charge in [0.1, 0.15) is 0 Å². The minimum Gasteiger partial charge on any atom is -0.386 e. The Balaban J connectivity index is 2.21. The molecular weight excluding hydrogens is 248 g/mol. The van der Waals surface area contributed by atoms with Gasteiger partial charge in [-0.2, -0.15) is 0 Å². The van der Waals surface area contributed by atoms with E-state index in [9.17, 15) is 5.11 Å². The van der Waals surface area contributed by atoms with Crippen molar-refractivity contribution in [3.63, 3.8) is 0 Å². The summed E-state index contributed by atoms with van der Waals surface area (Å²) < 4.78 is 5.64. The molecule has 2 nitrogen and oxygen atoms in total. The highest BCUT2D eigenvalue weighted by Crippen LogP contribution is 2.21. The summed E-state index contributed by atoms with van der Waals surface area (Å²) in [5.74, 6) is 0. The Labute approximate surface area is 123 Å². The second-order valence-electron chi connectivity index (χ2n) is 5.41. The Kier molecular flexibility index (Phi) is 8.24. The predicted molar refractivity (Wildman–Crippen MR) is 84.6 cm³/mol. The largest absolute Gasteiger partial charge is 0.386 e. The third-order valence-electron chi connectivity index (χ3n) is 3.63. The summed E-state index contributed by atoms with van der Waals surface area (Å²) in [6.45, 7) is 7.12. The van der Waals surface area contributed by atoms with Crippen molar-refractivity contribution >= 4 is 0 Å². The molecule has 0 fully saturated rings. The van der Waals surface area contributed by atoms with E-state index >= 15 is 0 Å². The van der Waals surface area contributed by atoms with Gasteiger partial charge in [-0.05, 0) is 12.0 Å². The van der Waals surface area contributed by atoms with Gasteiger partial charge in [0, 0.05) is 6.42 Å². The molecule has 1 aromatic carbocycles.